The second-order valence-corrected chi connectivity index (χ2v) is 8.68. The first-order chi connectivity index (χ1) is 15.8. The summed E-state index contributed by atoms with van der Waals surface area (Å²) in [6.45, 7) is 2.34. The van der Waals surface area contributed by atoms with Crippen molar-refractivity contribution in [3.8, 4) is 17.3 Å². The highest BCUT2D eigenvalue weighted by atomic mass is 16.5. The molecular weight excluding hydrogens is 426 g/mol. The van der Waals surface area contributed by atoms with E-state index in [1.807, 2.05) is 6.07 Å². The lowest BCUT2D eigenvalue weighted by atomic mass is 9.87. The van der Waals surface area contributed by atoms with Crippen LogP contribution in [0.25, 0.3) is 11.3 Å². The minimum atomic E-state index is -0.464. The number of aryl methyl sites for hydroxylation is 1. The lowest BCUT2D eigenvalue weighted by Gasteiger charge is -2.39. The summed E-state index contributed by atoms with van der Waals surface area (Å²) in [4.78, 5) is 42.0. The molecule has 1 aromatic carbocycles. The molecule has 2 aliphatic rings. The number of amides is 2. The van der Waals surface area contributed by atoms with Crippen LogP contribution in [0.5, 0.6) is 0 Å². The highest BCUT2D eigenvalue weighted by Gasteiger charge is 2.38. The van der Waals surface area contributed by atoms with E-state index in [0.717, 1.165) is 12.8 Å². The van der Waals surface area contributed by atoms with E-state index in [1.165, 1.54) is 10.6 Å². The van der Waals surface area contributed by atoms with Crippen molar-refractivity contribution in [2.24, 2.45) is 11.3 Å². The number of anilines is 1. The first kappa shape index (κ1) is 22.6. The fraction of sp³-hybridized carbons (Fsp3) is 0.435. The predicted molar refractivity (Wildman–Crippen MR) is 118 cm³/mol. The van der Waals surface area contributed by atoms with Crippen molar-refractivity contribution in [2.45, 2.75) is 26.3 Å². The highest BCUT2D eigenvalue weighted by molar-refractivity contribution is 5.97. The highest BCUT2D eigenvalue weighted by Crippen LogP contribution is 2.33. The molecular formula is C23H25N5O5. The Kier molecular flexibility index (Phi) is 6.26. The van der Waals surface area contributed by atoms with E-state index in [-0.39, 0.29) is 37.4 Å². The van der Waals surface area contributed by atoms with E-state index >= 15 is 0 Å². The molecule has 0 radical (unpaired) electrons. The van der Waals surface area contributed by atoms with Gasteiger partial charge in [-0.1, -0.05) is 0 Å². The van der Waals surface area contributed by atoms with Crippen LogP contribution in [0.4, 0.5) is 5.69 Å². The van der Waals surface area contributed by atoms with Gasteiger partial charge in [-0.25, -0.2) is 4.98 Å². The van der Waals surface area contributed by atoms with Gasteiger partial charge < -0.3 is 20.5 Å². The van der Waals surface area contributed by atoms with E-state index in [4.69, 9.17) is 4.74 Å². The van der Waals surface area contributed by atoms with Gasteiger partial charge >= 0.3 is 0 Å². The second-order valence-electron chi connectivity index (χ2n) is 8.68. The van der Waals surface area contributed by atoms with E-state index < -0.39 is 11.0 Å². The number of hydrogen-bond donors (Lipinski definition) is 3. The SMILES string of the molecule is Cc1nc(-c2ccc(C#N)cc2NC(=O)C2CC2)cc(=O)n1CC(=O)NCC1(CO)COC1. The quantitative estimate of drug-likeness (QED) is 0.531. The Morgan fingerprint density at radius 1 is 1.33 bits per heavy atom. The normalized spacial score (nSPS) is 16.4. The maximum absolute atomic E-state index is 12.8. The first-order valence-electron chi connectivity index (χ1n) is 10.7. The number of nitriles is 1. The van der Waals surface area contributed by atoms with Crippen molar-refractivity contribution in [1.82, 2.24) is 14.9 Å². The number of ether oxygens (including phenoxy) is 1. The molecule has 2 fully saturated rings. The molecule has 33 heavy (non-hydrogen) atoms. The van der Waals surface area contributed by atoms with Gasteiger partial charge in [-0.05, 0) is 38.0 Å². The van der Waals surface area contributed by atoms with Crippen LogP contribution in [-0.2, 0) is 20.9 Å². The average Bonchev–Trinajstić information content (AvgIpc) is 3.61. The molecule has 3 N–H and O–H groups in total. The van der Waals surface area contributed by atoms with Gasteiger partial charge in [-0.2, -0.15) is 5.26 Å². The number of rotatable bonds is 8. The summed E-state index contributed by atoms with van der Waals surface area (Å²) in [6, 6.07) is 8.16. The third kappa shape index (κ3) is 4.94. The molecule has 0 atom stereocenters. The lowest BCUT2D eigenvalue weighted by molar-refractivity contribution is -0.141. The zero-order valence-corrected chi connectivity index (χ0v) is 18.3. The molecule has 1 aromatic heterocycles. The topological polar surface area (TPSA) is 146 Å². The van der Waals surface area contributed by atoms with Crippen LogP contribution < -0.4 is 16.2 Å². The smallest absolute Gasteiger partial charge is 0.254 e. The Morgan fingerprint density at radius 2 is 2.09 bits per heavy atom. The number of aliphatic hydroxyl groups excluding tert-OH is 1. The predicted octanol–water partition coefficient (Wildman–Crippen LogP) is 0.564. The van der Waals surface area contributed by atoms with Gasteiger partial charge in [0.2, 0.25) is 11.8 Å². The summed E-state index contributed by atoms with van der Waals surface area (Å²) in [5.74, 6) is -0.183. The summed E-state index contributed by atoms with van der Waals surface area (Å²) >= 11 is 0. The van der Waals surface area contributed by atoms with E-state index in [0.29, 0.717) is 41.5 Å². The fourth-order valence-electron chi connectivity index (χ4n) is 3.60. The van der Waals surface area contributed by atoms with Gasteiger partial charge in [0.05, 0.1) is 48.2 Å². The van der Waals surface area contributed by atoms with Crippen molar-refractivity contribution in [3.05, 3.63) is 46.0 Å². The Hall–Kier alpha value is -3.55. The largest absolute Gasteiger partial charge is 0.396 e. The molecule has 172 valence electrons. The fourth-order valence-corrected chi connectivity index (χ4v) is 3.60. The summed E-state index contributed by atoms with van der Waals surface area (Å²) in [7, 11) is 0. The molecule has 0 bridgehead atoms. The third-order valence-corrected chi connectivity index (χ3v) is 5.94. The molecule has 10 nitrogen and oxygen atoms in total. The molecule has 0 spiro atoms. The van der Waals surface area contributed by atoms with Crippen molar-refractivity contribution in [1.29, 1.82) is 5.26 Å². The molecule has 2 heterocycles. The van der Waals surface area contributed by atoms with Crippen LogP contribution in [0, 0.1) is 29.6 Å². The maximum Gasteiger partial charge on any atom is 0.254 e. The van der Waals surface area contributed by atoms with Gasteiger partial charge in [-0.3, -0.25) is 19.0 Å². The molecule has 1 saturated carbocycles. The van der Waals surface area contributed by atoms with Crippen molar-refractivity contribution >= 4 is 17.5 Å². The zero-order valence-electron chi connectivity index (χ0n) is 18.3. The molecule has 2 aromatic rings. The minimum absolute atomic E-state index is 0.0266. The summed E-state index contributed by atoms with van der Waals surface area (Å²) in [5.41, 5.74) is 0.786. The molecule has 1 aliphatic heterocycles. The Bertz CT molecular complexity index is 1190. The standard InChI is InChI=1S/C23H25N5O5/c1-14-26-19(17-5-2-15(8-24)6-18(17)27-22(32)16-3-4-16)7-21(31)28(14)9-20(30)25-10-23(11-29)12-33-13-23/h2,5-7,16,29H,3-4,9-13H2,1H3,(H,25,30)(H,27,32). The van der Waals surface area contributed by atoms with Crippen LogP contribution in [0.15, 0.2) is 29.1 Å². The molecule has 0 unspecified atom stereocenters. The Labute approximate surface area is 190 Å². The molecule has 4 rings (SSSR count). The van der Waals surface area contributed by atoms with Crippen molar-refractivity contribution < 1.29 is 19.4 Å². The number of nitrogens with zero attached hydrogens (tertiary/aromatic N) is 3. The second kappa shape index (κ2) is 9.13. The monoisotopic (exact) mass is 451 g/mol. The number of aromatic nitrogens is 2. The number of aliphatic hydroxyl groups is 1. The van der Waals surface area contributed by atoms with Gasteiger partial charge in [0.1, 0.15) is 12.4 Å². The number of nitrogens with one attached hydrogen (secondary N) is 2. The molecule has 2 amide bonds. The maximum atomic E-state index is 12.8. The number of carbonyl (C=O) groups is 2. The van der Waals surface area contributed by atoms with Crippen LogP contribution >= 0.6 is 0 Å². The van der Waals surface area contributed by atoms with Crippen LogP contribution in [0.2, 0.25) is 0 Å². The first-order valence-corrected chi connectivity index (χ1v) is 10.7. The Balaban J connectivity index is 1.54. The van der Waals surface area contributed by atoms with Crippen LogP contribution in [0.3, 0.4) is 0 Å². The molecule has 1 aliphatic carbocycles. The van der Waals surface area contributed by atoms with Gasteiger partial charge in [0.25, 0.3) is 5.56 Å². The number of carbonyl (C=O) groups excluding carboxylic acids is 2. The Morgan fingerprint density at radius 3 is 2.67 bits per heavy atom. The third-order valence-electron chi connectivity index (χ3n) is 5.94. The molecule has 10 heteroatoms. The molecule has 1 saturated heterocycles. The van der Waals surface area contributed by atoms with Crippen molar-refractivity contribution in [3.63, 3.8) is 0 Å². The number of hydrogen-bond acceptors (Lipinski definition) is 7. The van der Waals surface area contributed by atoms with Crippen LogP contribution in [0.1, 0.15) is 24.2 Å². The lowest BCUT2D eigenvalue weighted by Crippen LogP contribution is -2.53. The minimum Gasteiger partial charge on any atom is -0.396 e. The number of benzene rings is 1. The van der Waals surface area contributed by atoms with E-state index in [2.05, 4.69) is 15.6 Å². The average molecular weight is 451 g/mol. The van der Waals surface area contributed by atoms with E-state index in [1.54, 1.807) is 25.1 Å². The summed E-state index contributed by atoms with van der Waals surface area (Å²) in [5, 5.41) is 24.3. The van der Waals surface area contributed by atoms with Crippen LogP contribution in [-0.4, -0.2) is 52.8 Å². The van der Waals surface area contributed by atoms with Gasteiger partial charge in [0.15, 0.2) is 0 Å². The summed E-state index contributed by atoms with van der Waals surface area (Å²) < 4.78 is 6.37. The summed E-state index contributed by atoms with van der Waals surface area (Å²) in [6.07, 6.45) is 1.67. The van der Waals surface area contributed by atoms with Gasteiger partial charge in [0, 0.05) is 24.1 Å². The van der Waals surface area contributed by atoms with E-state index in [9.17, 15) is 24.8 Å². The zero-order chi connectivity index (χ0) is 23.6. The van der Waals surface area contributed by atoms with Crippen molar-refractivity contribution in [2.75, 3.05) is 31.7 Å². The van der Waals surface area contributed by atoms with Gasteiger partial charge in [-0.15, -0.1) is 0 Å².